The molecule has 2 rings (SSSR count). The van der Waals surface area contributed by atoms with Crippen molar-refractivity contribution in [2.45, 2.75) is 5.16 Å². The molecular weight excluding hydrogens is 272 g/mol. The SMILES string of the molecule is O=C(CSc1nccc(=O)[nH]1)c1ccccc1Cl. The highest BCUT2D eigenvalue weighted by molar-refractivity contribution is 7.99. The molecule has 1 aromatic heterocycles. The van der Waals surface area contributed by atoms with E-state index in [2.05, 4.69) is 9.97 Å². The summed E-state index contributed by atoms with van der Waals surface area (Å²) in [6.07, 6.45) is 1.40. The fourth-order valence-corrected chi connectivity index (χ4v) is 2.30. The molecule has 0 spiro atoms. The van der Waals surface area contributed by atoms with E-state index in [1.54, 1.807) is 24.3 Å². The number of thioether (sulfide) groups is 1. The summed E-state index contributed by atoms with van der Waals surface area (Å²) in [7, 11) is 0. The zero-order valence-corrected chi connectivity index (χ0v) is 10.8. The predicted molar refractivity (Wildman–Crippen MR) is 71.4 cm³/mol. The number of benzene rings is 1. The minimum absolute atomic E-state index is 0.0999. The van der Waals surface area contributed by atoms with E-state index in [4.69, 9.17) is 11.6 Å². The van der Waals surface area contributed by atoms with Crippen LogP contribution in [-0.2, 0) is 0 Å². The van der Waals surface area contributed by atoms with E-state index in [1.165, 1.54) is 24.0 Å². The van der Waals surface area contributed by atoms with E-state index in [9.17, 15) is 9.59 Å². The molecule has 1 heterocycles. The lowest BCUT2D eigenvalue weighted by atomic mass is 10.1. The first-order valence-electron chi connectivity index (χ1n) is 5.12. The summed E-state index contributed by atoms with van der Waals surface area (Å²) in [5.41, 5.74) is 0.239. The van der Waals surface area contributed by atoms with Gasteiger partial charge < -0.3 is 4.98 Å². The summed E-state index contributed by atoms with van der Waals surface area (Å²) in [5, 5.41) is 0.848. The van der Waals surface area contributed by atoms with Gasteiger partial charge in [0.2, 0.25) is 0 Å². The van der Waals surface area contributed by atoms with Crippen LogP contribution in [0.2, 0.25) is 5.02 Å². The Hall–Kier alpha value is -1.59. The van der Waals surface area contributed by atoms with Crippen LogP contribution in [0.25, 0.3) is 0 Å². The average molecular weight is 281 g/mol. The van der Waals surface area contributed by atoms with E-state index in [0.29, 0.717) is 15.7 Å². The summed E-state index contributed by atoms with van der Waals surface area (Å²) < 4.78 is 0. The fraction of sp³-hybridized carbons (Fsp3) is 0.0833. The molecule has 0 aliphatic heterocycles. The first-order valence-corrected chi connectivity index (χ1v) is 6.49. The van der Waals surface area contributed by atoms with Crippen molar-refractivity contribution in [1.29, 1.82) is 0 Å². The molecule has 0 unspecified atom stereocenters. The highest BCUT2D eigenvalue weighted by Crippen LogP contribution is 2.19. The van der Waals surface area contributed by atoms with Crippen LogP contribution in [0.1, 0.15) is 10.4 Å². The minimum Gasteiger partial charge on any atom is -0.301 e. The Morgan fingerprint density at radius 1 is 1.33 bits per heavy atom. The highest BCUT2D eigenvalue weighted by atomic mass is 35.5. The Morgan fingerprint density at radius 3 is 2.83 bits per heavy atom. The van der Waals surface area contributed by atoms with Gasteiger partial charge in [0, 0.05) is 17.8 Å². The second kappa shape index (κ2) is 5.84. The Labute approximate surface area is 112 Å². The molecule has 1 aromatic carbocycles. The van der Waals surface area contributed by atoms with Gasteiger partial charge in [-0.15, -0.1) is 0 Å². The van der Waals surface area contributed by atoms with Crippen molar-refractivity contribution in [1.82, 2.24) is 9.97 Å². The lowest BCUT2D eigenvalue weighted by molar-refractivity contribution is 0.102. The van der Waals surface area contributed by atoms with Crippen molar-refractivity contribution in [3.8, 4) is 0 Å². The number of nitrogens with zero attached hydrogens (tertiary/aromatic N) is 1. The quantitative estimate of drug-likeness (QED) is 0.531. The van der Waals surface area contributed by atoms with Crippen molar-refractivity contribution in [2.24, 2.45) is 0 Å². The van der Waals surface area contributed by atoms with Crippen LogP contribution in [-0.4, -0.2) is 21.5 Å². The van der Waals surface area contributed by atoms with Gasteiger partial charge in [0.15, 0.2) is 10.9 Å². The molecule has 6 heteroatoms. The summed E-state index contributed by atoms with van der Waals surface area (Å²) in [6.45, 7) is 0. The van der Waals surface area contributed by atoms with Crippen LogP contribution < -0.4 is 5.56 Å². The first kappa shape index (κ1) is 12.9. The van der Waals surface area contributed by atoms with E-state index in [0.717, 1.165) is 0 Å². The van der Waals surface area contributed by atoms with Gasteiger partial charge in [0.1, 0.15) is 0 Å². The van der Waals surface area contributed by atoms with E-state index >= 15 is 0 Å². The van der Waals surface area contributed by atoms with Crippen LogP contribution >= 0.6 is 23.4 Å². The molecule has 0 saturated heterocycles. The number of carbonyl (C=O) groups is 1. The van der Waals surface area contributed by atoms with Crippen LogP contribution in [0, 0.1) is 0 Å². The van der Waals surface area contributed by atoms with Gasteiger partial charge in [0.05, 0.1) is 10.8 Å². The van der Waals surface area contributed by atoms with Crippen molar-refractivity contribution in [2.75, 3.05) is 5.75 Å². The average Bonchev–Trinajstić information content (AvgIpc) is 2.37. The molecule has 92 valence electrons. The Kier molecular flexibility index (Phi) is 4.17. The minimum atomic E-state index is -0.238. The van der Waals surface area contributed by atoms with Crippen molar-refractivity contribution >= 4 is 29.1 Å². The fourth-order valence-electron chi connectivity index (χ4n) is 1.32. The molecular formula is C12H9ClN2O2S. The van der Waals surface area contributed by atoms with Crippen molar-refractivity contribution in [3.63, 3.8) is 0 Å². The van der Waals surface area contributed by atoms with Crippen LogP contribution in [0.15, 0.2) is 46.5 Å². The molecule has 0 aliphatic rings. The standard InChI is InChI=1S/C12H9ClN2O2S/c13-9-4-2-1-3-8(9)10(16)7-18-12-14-6-5-11(17)15-12/h1-6H,7H2,(H,14,15,17). The van der Waals surface area contributed by atoms with Gasteiger partial charge in [-0.05, 0) is 12.1 Å². The number of Topliss-reactive ketones (excluding diaryl/α,β-unsaturated/α-hetero) is 1. The molecule has 0 saturated carbocycles. The van der Waals surface area contributed by atoms with Gasteiger partial charge >= 0.3 is 0 Å². The summed E-state index contributed by atoms with van der Waals surface area (Å²) in [4.78, 5) is 29.4. The molecule has 4 nitrogen and oxygen atoms in total. The van der Waals surface area contributed by atoms with Gasteiger partial charge in [0.25, 0.3) is 5.56 Å². The summed E-state index contributed by atoms with van der Waals surface area (Å²) in [5.74, 6) is 0.0774. The lowest BCUT2D eigenvalue weighted by Crippen LogP contribution is -2.08. The number of halogens is 1. The number of hydrogen-bond donors (Lipinski definition) is 1. The number of rotatable bonds is 4. The topological polar surface area (TPSA) is 62.8 Å². The monoisotopic (exact) mass is 280 g/mol. The second-order valence-electron chi connectivity index (χ2n) is 3.43. The van der Waals surface area contributed by atoms with Gasteiger partial charge in [-0.2, -0.15) is 0 Å². The highest BCUT2D eigenvalue weighted by Gasteiger charge is 2.10. The van der Waals surface area contributed by atoms with E-state index in [-0.39, 0.29) is 17.1 Å². The molecule has 0 aliphatic carbocycles. The Balaban J connectivity index is 2.05. The van der Waals surface area contributed by atoms with E-state index < -0.39 is 0 Å². The van der Waals surface area contributed by atoms with Gasteiger partial charge in [-0.1, -0.05) is 35.5 Å². The maximum atomic E-state index is 11.9. The number of ketones is 1. The molecule has 0 radical (unpaired) electrons. The number of aromatic amines is 1. The Bertz CT molecular complexity index is 627. The number of H-pyrrole nitrogens is 1. The lowest BCUT2D eigenvalue weighted by Gasteiger charge is -2.02. The first-order chi connectivity index (χ1) is 8.66. The third-order valence-corrected chi connectivity index (χ3v) is 3.38. The number of carbonyl (C=O) groups excluding carboxylic acids is 1. The maximum absolute atomic E-state index is 11.9. The van der Waals surface area contributed by atoms with Crippen LogP contribution in [0.4, 0.5) is 0 Å². The van der Waals surface area contributed by atoms with Crippen LogP contribution in [0.3, 0.4) is 0 Å². The molecule has 1 N–H and O–H groups in total. The van der Waals surface area contributed by atoms with Crippen molar-refractivity contribution in [3.05, 3.63) is 57.5 Å². The smallest absolute Gasteiger partial charge is 0.251 e. The zero-order chi connectivity index (χ0) is 13.0. The molecule has 0 bridgehead atoms. The molecule has 18 heavy (non-hydrogen) atoms. The third-order valence-electron chi connectivity index (χ3n) is 2.16. The Morgan fingerprint density at radius 2 is 2.11 bits per heavy atom. The zero-order valence-electron chi connectivity index (χ0n) is 9.22. The molecule has 2 aromatic rings. The number of aromatic nitrogens is 2. The second-order valence-corrected chi connectivity index (χ2v) is 4.80. The number of hydrogen-bond acceptors (Lipinski definition) is 4. The molecule has 0 atom stereocenters. The summed E-state index contributed by atoms with van der Waals surface area (Å²) >= 11 is 7.09. The van der Waals surface area contributed by atoms with Crippen molar-refractivity contribution < 1.29 is 4.79 Å². The maximum Gasteiger partial charge on any atom is 0.251 e. The third kappa shape index (κ3) is 3.21. The normalized spacial score (nSPS) is 10.3. The van der Waals surface area contributed by atoms with Gasteiger partial charge in [-0.25, -0.2) is 4.98 Å². The number of nitrogens with one attached hydrogen (secondary N) is 1. The molecule has 0 fully saturated rings. The van der Waals surface area contributed by atoms with E-state index in [1.807, 2.05) is 0 Å². The summed E-state index contributed by atoms with van der Waals surface area (Å²) in [6, 6.07) is 8.18. The molecule has 0 amide bonds. The predicted octanol–water partition coefficient (Wildman–Crippen LogP) is 2.40. The largest absolute Gasteiger partial charge is 0.301 e. The van der Waals surface area contributed by atoms with Crippen LogP contribution in [0.5, 0.6) is 0 Å². The van der Waals surface area contributed by atoms with Gasteiger partial charge in [-0.3, -0.25) is 9.59 Å².